The van der Waals surface area contributed by atoms with E-state index >= 15 is 0 Å². The van der Waals surface area contributed by atoms with E-state index in [1.165, 1.54) is 0 Å². The van der Waals surface area contributed by atoms with Crippen molar-refractivity contribution in [2.45, 2.75) is 0 Å². The summed E-state index contributed by atoms with van der Waals surface area (Å²) < 4.78 is 5.01. The van der Waals surface area contributed by atoms with Crippen molar-refractivity contribution in [3.63, 3.8) is 0 Å². The quantitative estimate of drug-likeness (QED) is 0.682. The van der Waals surface area contributed by atoms with Crippen LogP contribution < -0.4 is 4.52 Å². The lowest BCUT2D eigenvalue weighted by atomic mass is 10.3. The predicted molar refractivity (Wildman–Crippen MR) is 50.7 cm³/mol. The molecule has 1 aromatic rings. The third-order valence-electron chi connectivity index (χ3n) is 0.970. The Morgan fingerprint density at radius 2 is 2.00 bits per heavy atom. The van der Waals surface area contributed by atoms with Gasteiger partial charge in [0.15, 0.2) is 0 Å². The zero-order chi connectivity index (χ0) is 8.27. The predicted octanol–water partition coefficient (Wildman–Crippen LogP) is 4.42. The van der Waals surface area contributed by atoms with Crippen molar-refractivity contribution < 1.29 is 4.52 Å². The van der Waals surface area contributed by atoms with E-state index in [1.807, 2.05) is 0 Å². The van der Waals surface area contributed by atoms with Crippen LogP contribution >= 0.6 is 40.9 Å². The topological polar surface area (TPSA) is 9.23 Å². The summed E-state index contributed by atoms with van der Waals surface area (Å²) in [4.78, 5) is 0. The fourth-order valence-electron chi connectivity index (χ4n) is 0.603. The maximum atomic E-state index is 5.67. The van der Waals surface area contributed by atoms with Gasteiger partial charge in [0.2, 0.25) is 0 Å². The largest absolute Gasteiger partial charge is 0.445 e. The Hall–Kier alpha value is 0.320. The first kappa shape index (κ1) is 9.41. The summed E-state index contributed by atoms with van der Waals surface area (Å²) in [5.74, 6) is 0.591. The molecule has 1 aromatic carbocycles. The van der Waals surface area contributed by atoms with Gasteiger partial charge < -0.3 is 4.52 Å². The highest BCUT2D eigenvalue weighted by Gasteiger charge is 2.01. The molecule has 5 heteroatoms. The first-order chi connectivity index (χ1) is 5.18. The minimum Gasteiger partial charge on any atom is -0.445 e. The highest BCUT2D eigenvalue weighted by molar-refractivity contribution is 8.00. The summed E-state index contributed by atoms with van der Waals surface area (Å²) in [5.41, 5.74) is 0. The van der Waals surface area contributed by atoms with Crippen molar-refractivity contribution in [1.29, 1.82) is 0 Å². The van der Waals surface area contributed by atoms with Gasteiger partial charge in [-0.25, -0.2) is 0 Å². The third kappa shape index (κ3) is 3.48. The van der Waals surface area contributed by atoms with E-state index in [-0.39, 0.29) is 0 Å². The van der Waals surface area contributed by atoms with E-state index in [4.69, 9.17) is 38.6 Å². The number of rotatable bonds is 2. The van der Waals surface area contributed by atoms with Crippen LogP contribution in [0.2, 0.25) is 5.02 Å². The van der Waals surface area contributed by atoms with Gasteiger partial charge in [-0.15, -0.1) is 0 Å². The normalized spacial score (nSPS) is 10.2. The van der Waals surface area contributed by atoms with Gasteiger partial charge in [0.1, 0.15) is 5.75 Å². The van der Waals surface area contributed by atoms with Gasteiger partial charge in [0.25, 0.3) is 6.85 Å². The summed E-state index contributed by atoms with van der Waals surface area (Å²) in [7, 11) is 0. The standard InChI is InChI=1S/C6H4Cl3OP/c7-5-2-1-3-6(4-5)10-11(8)9/h1-4H. The van der Waals surface area contributed by atoms with Gasteiger partial charge in [-0.05, 0) is 40.7 Å². The Balaban J connectivity index is 2.71. The van der Waals surface area contributed by atoms with E-state index in [0.29, 0.717) is 10.8 Å². The third-order valence-corrected chi connectivity index (χ3v) is 1.97. The molecule has 0 spiro atoms. The van der Waals surface area contributed by atoms with E-state index in [0.717, 1.165) is 0 Å². The summed E-state index contributed by atoms with van der Waals surface area (Å²) in [6, 6.07) is 6.91. The van der Waals surface area contributed by atoms with Crippen LogP contribution in [-0.4, -0.2) is 0 Å². The molecule has 60 valence electrons. The summed E-state index contributed by atoms with van der Waals surface area (Å²) in [5, 5.41) is 0.604. The van der Waals surface area contributed by atoms with Gasteiger partial charge in [-0.3, -0.25) is 0 Å². The Morgan fingerprint density at radius 1 is 1.27 bits per heavy atom. The van der Waals surface area contributed by atoms with Crippen LogP contribution in [0.15, 0.2) is 24.3 Å². The van der Waals surface area contributed by atoms with Crippen molar-refractivity contribution in [2.24, 2.45) is 0 Å². The maximum absolute atomic E-state index is 5.67. The maximum Gasteiger partial charge on any atom is 0.284 e. The van der Waals surface area contributed by atoms with Crippen LogP contribution in [0, 0.1) is 0 Å². The van der Waals surface area contributed by atoms with Crippen LogP contribution in [0.3, 0.4) is 0 Å². The molecule has 11 heavy (non-hydrogen) atoms. The highest BCUT2D eigenvalue weighted by atomic mass is 35.9. The van der Waals surface area contributed by atoms with E-state index in [1.54, 1.807) is 24.3 Å². The summed E-state index contributed by atoms with van der Waals surface area (Å²) in [6.07, 6.45) is 0. The zero-order valence-electron chi connectivity index (χ0n) is 5.30. The monoisotopic (exact) mass is 228 g/mol. The lowest BCUT2D eigenvalue weighted by molar-refractivity contribution is 0.638. The van der Waals surface area contributed by atoms with Gasteiger partial charge in [0.05, 0.1) is 0 Å². The van der Waals surface area contributed by atoms with Crippen molar-refractivity contribution >= 4 is 40.9 Å². The zero-order valence-corrected chi connectivity index (χ0v) is 8.46. The molecule has 0 unspecified atom stereocenters. The number of benzene rings is 1. The molecule has 0 aromatic heterocycles. The van der Waals surface area contributed by atoms with Gasteiger partial charge in [0, 0.05) is 5.02 Å². The van der Waals surface area contributed by atoms with Crippen LogP contribution in [-0.2, 0) is 0 Å². The lowest BCUT2D eigenvalue weighted by Crippen LogP contribution is -1.76. The van der Waals surface area contributed by atoms with E-state index in [9.17, 15) is 0 Å². The van der Waals surface area contributed by atoms with Crippen LogP contribution in [0.4, 0.5) is 0 Å². The molecule has 0 aliphatic carbocycles. The number of hydrogen-bond donors (Lipinski definition) is 0. The molecule has 0 amide bonds. The minimum absolute atomic E-state index is 0.591. The number of halogens is 3. The van der Waals surface area contributed by atoms with Gasteiger partial charge in [-0.1, -0.05) is 17.7 Å². The molecule has 0 radical (unpaired) electrons. The Kier molecular flexibility index (Phi) is 3.74. The second kappa shape index (κ2) is 4.37. The molecule has 0 saturated carbocycles. The highest BCUT2D eigenvalue weighted by Crippen LogP contribution is 2.47. The molecule has 0 atom stereocenters. The first-order valence-corrected chi connectivity index (χ1v) is 6.18. The van der Waals surface area contributed by atoms with Gasteiger partial charge >= 0.3 is 0 Å². The average Bonchev–Trinajstić information content (AvgIpc) is 1.85. The van der Waals surface area contributed by atoms with Crippen molar-refractivity contribution in [3.8, 4) is 5.75 Å². The van der Waals surface area contributed by atoms with Gasteiger partial charge in [-0.2, -0.15) is 0 Å². The van der Waals surface area contributed by atoms with Crippen molar-refractivity contribution in [3.05, 3.63) is 29.3 Å². The van der Waals surface area contributed by atoms with Crippen LogP contribution in [0.5, 0.6) is 5.75 Å². The fourth-order valence-corrected chi connectivity index (χ4v) is 1.53. The molecule has 0 saturated heterocycles. The summed E-state index contributed by atoms with van der Waals surface area (Å²) >= 11 is 16.5. The SMILES string of the molecule is Clc1cccc(OP(Cl)Cl)c1. The second-order valence-corrected chi connectivity index (χ2v) is 5.13. The van der Waals surface area contributed by atoms with E-state index < -0.39 is 6.85 Å². The molecule has 1 nitrogen and oxygen atoms in total. The molecule has 0 aliphatic heterocycles. The molecule has 0 fully saturated rings. The van der Waals surface area contributed by atoms with Crippen LogP contribution in [0.25, 0.3) is 0 Å². The lowest BCUT2D eigenvalue weighted by Gasteiger charge is -2.03. The smallest absolute Gasteiger partial charge is 0.284 e. The van der Waals surface area contributed by atoms with Crippen molar-refractivity contribution in [2.75, 3.05) is 0 Å². The first-order valence-electron chi connectivity index (χ1n) is 2.74. The molecular formula is C6H4Cl3OP. The molecule has 0 aliphatic rings. The summed E-state index contributed by atoms with van der Waals surface area (Å²) in [6.45, 7) is -1.40. The molecule has 0 N–H and O–H groups in total. The minimum atomic E-state index is -1.40. The Bertz CT molecular complexity index is 241. The fraction of sp³-hybridized carbons (Fsp3) is 0. The average molecular weight is 229 g/mol. The Morgan fingerprint density at radius 3 is 2.55 bits per heavy atom. The molecule has 0 heterocycles. The van der Waals surface area contributed by atoms with Crippen molar-refractivity contribution in [1.82, 2.24) is 0 Å². The molecule has 0 bridgehead atoms. The molecular weight excluding hydrogens is 225 g/mol. The second-order valence-electron chi connectivity index (χ2n) is 1.75. The van der Waals surface area contributed by atoms with E-state index in [2.05, 4.69) is 0 Å². The Labute approximate surface area is 80.6 Å². The van der Waals surface area contributed by atoms with Crippen LogP contribution in [0.1, 0.15) is 0 Å². The molecule has 1 rings (SSSR count). The number of hydrogen-bond acceptors (Lipinski definition) is 1.